The predicted octanol–water partition coefficient (Wildman–Crippen LogP) is 5.97. The van der Waals surface area contributed by atoms with Gasteiger partial charge < -0.3 is 20.1 Å². The number of urea groups is 1. The van der Waals surface area contributed by atoms with Gasteiger partial charge in [0.2, 0.25) is 0 Å². The molecule has 2 N–H and O–H groups in total. The number of benzene rings is 2. The van der Waals surface area contributed by atoms with Crippen LogP contribution >= 0.6 is 0 Å². The summed E-state index contributed by atoms with van der Waals surface area (Å²) in [6.45, 7) is 7.53. The summed E-state index contributed by atoms with van der Waals surface area (Å²) in [5.41, 5.74) is 1.23. The number of piperidine rings is 1. The molecule has 0 aliphatic carbocycles. The third kappa shape index (κ3) is 5.99. The third-order valence-electron chi connectivity index (χ3n) is 6.15. The first-order valence-electron chi connectivity index (χ1n) is 11.0. The molecule has 0 unspecified atom stereocenters. The topological polar surface area (TPSA) is 61.8 Å². The number of nitrogens with one attached hydrogen (secondary N) is 1. The molecule has 0 atom stereocenters. The fourth-order valence-electron chi connectivity index (χ4n) is 4.03. The summed E-state index contributed by atoms with van der Waals surface area (Å²) in [4.78, 5) is 14.5. The Labute approximate surface area is 180 Å². The van der Waals surface area contributed by atoms with Crippen LogP contribution in [0.15, 0.2) is 48.5 Å². The van der Waals surface area contributed by atoms with E-state index in [1.54, 1.807) is 4.90 Å². The molecule has 0 spiro atoms. The van der Waals surface area contributed by atoms with Gasteiger partial charge in [0.25, 0.3) is 0 Å². The molecule has 2 amide bonds. The molecule has 5 nitrogen and oxygen atoms in total. The molecule has 0 radical (unpaired) electrons. The van der Waals surface area contributed by atoms with Crippen molar-refractivity contribution in [2.75, 3.05) is 18.4 Å². The van der Waals surface area contributed by atoms with Gasteiger partial charge in [0.1, 0.15) is 11.5 Å². The maximum Gasteiger partial charge on any atom is 0.321 e. The van der Waals surface area contributed by atoms with E-state index in [0.717, 1.165) is 25.0 Å². The molecule has 0 aromatic heterocycles. The number of hydrogen-bond acceptors (Lipinski definition) is 3. The van der Waals surface area contributed by atoms with Crippen LogP contribution in [0.3, 0.4) is 0 Å². The molecule has 162 valence electrons. The highest BCUT2D eigenvalue weighted by molar-refractivity contribution is 5.89. The number of ether oxygens (including phenoxy) is 1. The molecular formula is C25H34N2O3. The Kier molecular flexibility index (Phi) is 7.38. The first-order chi connectivity index (χ1) is 14.4. The number of aliphatic hydroxyl groups is 1. The second-order valence-electron chi connectivity index (χ2n) is 8.47. The summed E-state index contributed by atoms with van der Waals surface area (Å²) >= 11 is 0. The fourth-order valence-corrected chi connectivity index (χ4v) is 4.03. The molecule has 1 saturated heterocycles. The fraction of sp³-hybridized carbons (Fsp3) is 0.480. The van der Waals surface area contributed by atoms with Crippen molar-refractivity contribution in [2.45, 2.75) is 58.5 Å². The van der Waals surface area contributed by atoms with Gasteiger partial charge in [-0.1, -0.05) is 50.5 Å². The van der Waals surface area contributed by atoms with E-state index in [1.165, 1.54) is 5.56 Å². The average Bonchev–Trinajstić information content (AvgIpc) is 2.74. The minimum absolute atomic E-state index is 0.132. The summed E-state index contributed by atoms with van der Waals surface area (Å²) in [5, 5.41) is 13.9. The zero-order valence-corrected chi connectivity index (χ0v) is 18.4. The second kappa shape index (κ2) is 9.98. The summed E-state index contributed by atoms with van der Waals surface area (Å²) in [7, 11) is 0. The van der Waals surface area contributed by atoms with Crippen molar-refractivity contribution in [3.05, 3.63) is 54.1 Å². The molecule has 0 bridgehead atoms. The summed E-state index contributed by atoms with van der Waals surface area (Å²) in [5.74, 6) is 1.98. The van der Waals surface area contributed by atoms with Gasteiger partial charge in [0.05, 0.1) is 5.60 Å². The van der Waals surface area contributed by atoms with Crippen molar-refractivity contribution >= 4 is 11.7 Å². The number of carbonyl (C=O) groups is 1. The number of anilines is 1. The van der Waals surface area contributed by atoms with Crippen LogP contribution in [-0.2, 0) is 0 Å². The zero-order valence-electron chi connectivity index (χ0n) is 18.4. The number of nitrogens with zero attached hydrogens (tertiary/aromatic N) is 1. The van der Waals surface area contributed by atoms with Crippen LogP contribution in [0, 0.1) is 12.8 Å². The summed E-state index contributed by atoms with van der Waals surface area (Å²) in [6, 6.07) is 15.1. The number of likely N-dealkylation sites (tertiary alicyclic amines) is 1. The van der Waals surface area contributed by atoms with Crippen molar-refractivity contribution in [1.82, 2.24) is 4.90 Å². The van der Waals surface area contributed by atoms with Gasteiger partial charge in [0.15, 0.2) is 0 Å². The van der Waals surface area contributed by atoms with Crippen LogP contribution in [0.25, 0.3) is 0 Å². The molecule has 0 saturated carbocycles. The van der Waals surface area contributed by atoms with Crippen LogP contribution in [0.4, 0.5) is 10.5 Å². The van der Waals surface area contributed by atoms with Crippen LogP contribution < -0.4 is 10.1 Å². The molecule has 30 heavy (non-hydrogen) atoms. The molecule has 2 aromatic rings. The van der Waals surface area contributed by atoms with E-state index in [2.05, 4.69) is 19.2 Å². The first kappa shape index (κ1) is 22.2. The number of hydrogen-bond donors (Lipinski definition) is 2. The first-order valence-corrected chi connectivity index (χ1v) is 11.0. The minimum Gasteiger partial charge on any atom is -0.457 e. The summed E-state index contributed by atoms with van der Waals surface area (Å²) in [6.07, 6.45) is 4.27. The Balaban J connectivity index is 1.54. The highest BCUT2D eigenvalue weighted by atomic mass is 16.5. The van der Waals surface area contributed by atoms with Crippen LogP contribution in [-0.4, -0.2) is 34.7 Å². The molecular weight excluding hydrogens is 376 g/mol. The number of rotatable bonds is 7. The maximum atomic E-state index is 12.7. The third-order valence-corrected chi connectivity index (χ3v) is 6.15. The molecule has 2 aromatic carbocycles. The quantitative estimate of drug-likeness (QED) is 0.591. The monoisotopic (exact) mass is 410 g/mol. The lowest BCUT2D eigenvalue weighted by atomic mass is 9.81. The van der Waals surface area contributed by atoms with Gasteiger partial charge in [-0.2, -0.15) is 0 Å². The second-order valence-corrected chi connectivity index (χ2v) is 8.47. The average molecular weight is 411 g/mol. The standard InChI is InChI=1S/C25H34N2O3/c1-4-20(5-2)18-25(29)13-15-27(16-14-25)24(28)26-21-7-6-8-23(17-21)30-22-11-9-19(3)10-12-22/h6-12,17,20,29H,4-5,13-16,18H2,1-3H3,(H,26,28). The van der Waals surface area contributed by atoms with Gasteiger partial charge in [0, 0.05) is 24.8 Å². The van der Waals surface area contributed by atoms with Crippen molar-refractivity contribution in [3.63, 3.8) is 0 Å². The number of amides is 2. The van der Waals surface area contributed by atoms with Crippen molar-refractivity contribution in [1.29, 1.82) is 0 Å². The normalized spacial score (nSPS) is 15.8. The van der Waals surface area contributed by atoms with Gasteiger partial charge in [-0.3, -0.25) is 0 Å². The largest absolute Gasteiger partial charge is 0.457 e. The lowest BCUT2D eigenvalue weighted by Crippen LogP contribution is -2.48. The maximum absolute atomic E-state index is 12.7. The summed E-state index contributed by atoms with van der Waals surface area (Å²) < 4.78 is 5.89. The van der Waals surface area contributed by atoms with E-state index in [-0.39, 0.29) is 6.03 Å². The molecule has 1 aliphatic rings. The van der Waals surface area contributed by atoms with Crippen molar-refractivity contribution in [3.8, 4) is 11.5 Å². The van der Waals surface area contributed by atoms with E-state index in [9.17, 15) is 9.90 Å². The Morgan fingerprint density at radius 2 is 1.77 bits per heavy atom. The highest BCUT2D eigenvalue weighted by Gasteiger charge is 2.35. The Bertz CT molecular complexity index is 823. The predicted molar refractivity (Wildman–Crippen MR) is 121 cm³/mol. The molecule has 3 rings (SSSR count). The van der Waals surface area contributed by atoms with Crippen LogP contribution in [0.5, 0.6) is 11.5 Å². The lowest BCUT2D eigenvalue weighted by molar-refractivity contribution is -0.0309. The van der Waals surface area contributed by atoms with Crippen molar-refractivity contribution in [2.24, 2.45) is 5.92 Å². The molecule has 1 fully saturated rings. The van der Waals surface area contributed by atoms with E-state index in [1.807, 2.05) is 55.5 Å². The molecule has 1 aliphatic heterocycles. The Hall–Kier alpha value is -2.53. The minimum atomic E-state index is -0.644. The number of aryl methyl sites for hydroxylation is 1. The van der Waals surface area contributed by atoms with Crippen LogP contribution in [0.1, 0.15) is 51.5 Å². The van der Waals surface area contributed by atoms with Gasteiger partial charge in [-0.25, -0.2) is 4.79 Å². The van der Waals surface area contributed by atoms with Gasteiger partial charge in [-0.15, -0.1) is 0 Å². The van der Waals surface area contributed by atoms with Crippen LogP contribution in [0.2, 0.25) is 0 Å². The van der Waals surface area contributed by atoms with Gasteiger partial charge in [-0.05, 0) is 56.4 Å². The SMILES string of the molecule is CCC(CC)CC1(O)CCN(C(=O)Nc2cccc(Oc3ccc(C)cc3)c2)CC1. The lowest BCUT2D eigenvalue weighted by Gasteiger charge is -2.39. The number of carbonyl (C=O) groups excluding carboxylic acids is 1. The Morgan fingerprint density at radius 3 is 2.40 bits per heavy atom. The highest BCUT2D eigenvalue weighted by Crippen LogP contribution is 2.32. The van der Waals surface area contributed by atoms with E-state index in [0.29, 0.717) is 43.3 Å². The molecule has 5 heteroatoms. The Morgan fingerprint density at radius 1 is 1.10 bits per heavy atom. The smallest absolute Gasteiger partial charge is 0.321 e. The zero-order chi connectivity index (χ0) is 21.6. The van der Waals surface area contributed by atoms with E-state index in [4.69, 9.17) is 4.74 Å². The molecule has 1 heterocycles. The van der Waals surface area contributed by atoms with Crippen molar-refractivity contribution < 1.29 is 14.6 Å². The van der Waals surface area contributed by atoms with E-state index < -0.39 is 5.60 Å². The van der Waals surface area contributed by atoms with Gasteiger partial charge >= 0.3 is 6.03 Å². The van der Waals surface area contributed by atoms with E-state index >= 15 is 0 Å².